The number of carbonyl (C=O) groups is 1. The van der Waals surface area contributed by atoms with Crippen LogP contribution in [0.4, 0.5) is 0 Å². The first-order valence-corrected chi connectivity index (χ1v) is 8.43. The number of para-hydroxylation sites is 2. The van der Waals surface area contributed by atoms with E-state index in [1.165, 1.54) is 11.1 Å². The molecule has 0 bridgehead atoms. The maximum Gasteiger partial charge on any atom is 0.220 e. The Morgan fingerprint density at radius 2 is 2.00 bits per heavy atom. The molecule has 0 atom stereocenters. The number of imidazole rings is 1. The molecule has 0 unspecified atom stereocenters. The minimum atomic E-state index is 0.0756. The zero-order valence-corrected chi connectivity index (χ0v) is 14.2. The molecule has 1 heterocycles. The van der Waals surface area contributed by atoms with E-state index in [4.69, 9.17) is 4.98 Å². The van der Waals surface area contributed by atoms with E-state index in [0.717, 1.165) is 29.8 Å². The predicted octanol–water partition coefficient (Wildman–Crippen LogP) is 3.81. The average Bonchev–Trinajstić information content (AvgIpc) is 2.91. The minimum absolute atomic E-state index is 0.0756. The summed E-state index contributed by atoms with van der Waals surface area (Å²) in [5.74, 6) is 0.967. The lowest BCUT2D eigenvalue weighted by molar-refractivity contribution is -0.121. The summed E-state index contributed by atoms with van der Waals surface area (Å²) in [7, 11) is 0. The van der Waals surface area contributed by atoms with Crippen LogP contribution in [0.3, 0.4) is 0 Å². The zero-order chi connectivity index (χ0) is 16.9. The van der Waals surface area contributed by atoms with Crippen molar-refractivity contribution in [2.45, 2.75) is 39.8 Å². The summed E-state index contributed by atoms with van der Waals surface area (Å²) in [5, 5.41) is 2.98. The Kier molecular flexibility index (Phi) is 4.94. The van der Waals surface area contributed by atoms with Gasteiger partial charge in [-0.3, -0.25) is 4.79 Å². The molecule has 2 aromatic carbocycles. The third-order valence-electron chi connectivity index (χ3n) is 4.08. The second kappa shape index (κ2) is 7.30. The van der Waals surface area contributed by atoms with Crippen molar-refractivity contribution >= 4 is 16.9 Å². The van der Waals surface area contributed by atoms with Crippen LogP contribution in [0.25, 0.3) is 11.0 Å². The van der Waals surface area contributed by atoms with Gasteiger partial charge in [0.2, 0.25) is 5.91 Å². The first kappa shape index (κ1) is 16.2. The summed E-state index contributed by atoms with van der Waals surface area (Å²) in [5.41, 5.74) is 4.54. The maximum atomic E-state index is 11.8. The fourth-order valence-corrected chi connectivity index (χ4v) is 2.92. The lowest BCUT2D eigenvalue weighted by Gasteiger charge is -2.11. The molecular formula is C20H23N3O. The van der Waals surface area contributed by atoms with Crippen LogP contribution in [0.15, 0.2) is 48.5 Å². The summed E-state index contributed by atoms with van der Waals surface area (Å²) < 4.78 is 2.19. The molecular weight excluding hydrogens is 298 g/mol. The van der Waals surface area contributed by atoms with Crippen LogP contribution in [0.1, 0.15) is 36.7 Å². The van der Waals surface area contributed by atoms with E-state index in [2.05, 4.69) is 47.1 Å². The Hall–Kier alpha value is -2.62. The van der Waals surface area contributed by atoms with Crippen LogP contribution in [-0.4, -0.2) is 15.5 Å². The van der Waals surface area contributed by atoms with Crippen LogP contribution in [0, 0.1) is 6.92 Å². The fraction of sp³-hybridized carbons (Fsp3) is 0.300. The average molecular weight is 321 g/mol. The summed E-state index contributed by atoms with van der Waals surface area (Å²) in [4.78, 5) is 16.5. The van der Waals surface area contributed by atoms with Crippen molar-refractivity contribution in [2.75, 3.05) is 0 Å². The van der Waals surface area contributed by atoms with Crippen molar-refractivity contribution in [1.82, 2.24) is 14.9 Å². The highest BCUT2D eigenvalue weighted by atomic mass is 16.1. The predicted molar refractivity (Wildman–Crippen MR) is 96.8 cm³/mol. The van der Waals surface area contributed by atoms with E-state index in [1.54, 1.807) is 0 Å². The van der Waals surface area contributed by atoms with Gasteiger partial charge in [0.1, 0.15) is 5.82 Å². The van der Waals surface area contributed by atoms with E-state index in [0.29, 0.717) is 13.0 Å². The number of fused-ring (bicyclic) bond motifs is 1. The smallest absolute Gasteiger partial charge is 0.220 e. The molecule has 0 aliphatic heterocycles. The molecule has 1 amide bonds. The number of amides is 1. The molecule has 0 saturated heterocycles. The number of carbonyl (C=O) groups excluding carboxylic acids is 1. The van der Waals surface area contributed by atoms with Crippen LogP contribution in [0.5, 0.6) is 0 Å². The van der Waals surface area contributed by atoms with Gasteiger partial charge in [-0.05, 0) is 31.0 Å². The number of hydrogen-bond donors (Lipinski definition) is 1. The fourth-order valence-electron chi connectivity index (χ4n) is 2.92. The van der Waals surface area contributed by atoms with Crippen molar-refractivity contribution in [3.63, 3.8) is 0 Å². The number of nitrogens with zero attached hydrogens (tertiary/aromatic N) is 2. The Morgan fingerprint density at radius 3 is 2.79 bits per heavy atom. The van der Waals surface area contributed by atoms with Gasteiger partial charge in [0.05, 0.1) is 17.6 Å². The lowest BCUT2D eigenvalue weighted by atomic mass is 10.1. The van der Waals surface area contributed by atoms with Gasteiger partial charge in [-0.1, -0.05) is 48.9 Å². The van der Waals surface area contributed by atoms with E-state index in [-0.39, 0.29) is 5.91 Å². The molecule has 0 aliphatic rings. The molecule has 4 heteroatoms. The summed E-state index contributed by atoms with van der Waals surface area (Å²) in [6.45, 7) is 5.31. The first-order valence-electron chi connectivity index (χ1n) is 8.43. The van der Waals surface area contributed by atoms with Crippen LogP contribution >= 0.6 is 0 Å². The van der Waals surface area contributed by atoms with Gasteiger partial charge in [-0.25, -0.2) is 4.98 Å². The van der Waals surface area contributed by atoms with E-state index >= 15 is 0 Å². The van der Waals surface area contributed by atoms with E-state index in [9.17, 15) is 4.79 Å². The number of hydrogen-bond acceptors (Lipinski definition) is 2. The molecule has 0 fully saturated rings. The number of aryl methyl sites for hydroxylation is 1. The number of aromatic nitrogens is 2. The highest BCUT2D eigenvalue weighted by molar-refractivity contribution is 5.77. The maximum absolute atomic E-state index is 11.8. The molecule has 1 N–H and O–H groups in total. The Balaban J connectivity index is 1.91. The van der Waals surface area contributed by atoms with Gasteiger partial charge < -0.3 is 9.88 Å². The Morgan fingerprint density at radius 1 is 1.17 bits per heavy atom. The van der Waals surface area contributed by atoms with Crippen molar-refractivity contribution < 1.29 is 4.79 Å². The van der Waals surface area contributed by atoms with Crippen LogP contribution < -0.4 is 5.32 Å². The molecule has 0 saturated carbocycles. The first-order chi connectivity index (χ1) is 11.7. The van der Waals surface area contributed by atoms with Crippen molar-refractivity contribution in [1.29, 1.82) is 0 Å². The third-order valence-corrected chi connectivity index (χ3v) is 4.08. The second-order valence-corrected chi connectivity index (χ2v) is 6.12. The number of benzene rings is 2. The topological polar surface area (TPSA) is 46.9 Å². The Bertz CT molecular complexity index is 851. The van der Waals surface area contributed by atoms with Crippen LogP contribution in [-0.2, 0) is 17.9 Å². The van der Waals surface area contributed by atoms with Crippen molar-refractivity contribution in [3.8, 4) is 0 Å². The molecule has 1 aromatic heterocycles. The van der Waals surface area contributed by atoms with Gasteiger partial charge in [0, 0.05) is 13.0 Å². The molecule has 124 valence electrons. The normalized spacial score (nSPS) is 10.9. The highest BCUT2D eigenvalue weighted by Crippen LogP contribution is 2.18. The summed E-state index contributed by atoms with van der Waals surface area (Å²) >= 11 is 0. The van der Waals surface area contributed by atoms with E-state index < -0.39 is 0 Å². The van der Waals surface area contributed by atoms with E-state index in [1.807, 2.05) is 25.1 Å². The zero-order valence-electron chi connectivity index (χ0n) is 14.2. The number of rotatable bonds is 6. The summed E-state index contributed by atoms with van der Waals surface area (Å²) in [6, 6.07) is 16.6. The number of nitrogens with one attached hydrogen (secondary N) is 1. The van der Waals surface area contributed by atoms with Gasteiger partial charge >= 0.3 is 0 Å². The molecule has 24 heavy (non-hydrogen) atoms. The molecule has 3 rings (SSSR count). The van der Waals surface area contributed by atoms with Gasteiger partial charge in [-0.15, -0.1) is 0 Å². The molecule has 0 spiro atoms. The minimum Gasteiger partial charge on any atom is -0.349 e. The van der Waals surface area contributed by atoms with Crippen molar-refractivity contribution in [2.24, 2.45) is 0 Å². The summed E-state index contributed by atoms with van der Waals surface area (Å²) in [6.07, 6.45) is 1.41. The lowest BCUT2D eigenvalue weighted by Crippen LogP contribution is -2.24. The largest absolute Gasteiger partial charge is 0.349 e. The quantitative estimate of drug-likeness (QED) is 0.750. The van der Waals surface area contributed by atoms with Gasteiger partial charge in [-0.2, -0.15) is 0 Å². The third kappa shape index (κ3) is 3.65. The van der Waals surface area contributed by atoms with Gasteiger partial charge in [0.15, 0.2) is 0 Å². The monoisotopic (exact) mass is 321 g/mol. The SMILES string of the molecule is CCCC(=O)NCc1nc2ccccc2n1Cc1cccc(C)c1. The molecule has 0 aliphatic carbocycles. The standard InChI is InChI=1S/C20H23N3O/c1-3-7-20(24)21-13-19-22-17-10-4-5-11-18(17)23(19)14-16-9-6-8-15(2)12-16/h4-6,8-12H,3,7,13-14H2,1-2H3,(H,21,24). The highest BCUT2D eigenvalue weighted by Gasteiger charge is 2.12. The Labute approximate surface area is 142 Å². The van der Waals surface area contributed by atoms with Crippen molar-refractivity contribution in [3.05, 3.63) is 65.5 Å². The molecule has 4 nitrogen and oxygen atoms in total. The molecule has 3 aromatic rings. The second-order valence-electron chi connectivity index (χ2n) is 6.12. The van der Waals surface area contributed by atoms with Crippen LogP contribution in [0.2, 0.25) is 0 Å². The molecule has 0 radical (unpaired) electrons. The van der Waals surface area contributed by atoms with Gasteiger partial charge in [0.25, 0.3) is 0 Å².